The highest BCUT2D eigenvalue weighted by Gasteiger charge is 2.28. The molecule has 1 amide bonds. The van der Waals surface area contributed by atoms with Crippen molar-refractivity contribution < 1.29 is 4.79 Å². The average Bonchev–Trinajstić information content (AvgIpc) is 2.62. The number of hydrogen-bond acceptors (Lipinski definition) is 1. The van der Waals surface area contributed by atoms with Crippen LogP contribution in [0.25, 0.3) is 0 Å². The molecule has 138 valence electrons. The van der Waals surface area contributed by atoms with Gasteiger partial charge in [0.1, 0.15) is 0 Å². The number of benzene rings is 3. The summed E-state index contributed by atoms with van der Waals surface area (Å²) in [5, 5.41) is 3.18. The largest absolute Gasteiger partial charge is 0.370 e. The molecule has 4 heteroatoms. The molecule has 0 radical (unpaired) electrons. The number of nitrogens with two attached hydrogens (primary N) is 1. The quantitative estimate of drug-likeness (QED) is 0.586. The summed E-state index contributed by atoms with van der Waals surface area (Å²) >= 11 is 6.09. The Balaban J connectivity index is 2.18. The van der Waals surface area contributed by atoms with Crippen LogP contribution in [0.15, 0.2) is 72.8 Å². The first-order valence-corrected chi connectivity index (χ1v) is 10.7. The normalized spacial score (nSPS) is 12.1. The number of primary amides is 1. The maximum Gasteiger partial charge on any atom is 0.218 e. The van der Waals surface area contributed by atoms with Crippen LogP contribution in [0.5, 0.6) is 0 Å². The van der Waals surface area contributed by atoms with Gasteiger partial charge in [0, 0.05) is 17.1 Å². The topological polar surface area (TPSA) is 43.1 Å². The molecule has 2 N–H and O–H groups in total. The standard InChI is InChI=1S/C23H23ClNOP/c1-16-5-3-7-20(13-16)27(21-8-4-6-17(2)14-21)22(15-23(25)26)18-9-11-19(24)12-10-18/h3-14,22H,15H2,1-2H3,(H2,25,26)/t22-/m0/s1. The average molecular weight is 396 g/mol. The molecule has 0 aliphatic heterocycles. The lowest BCUT2D eigenvalue weighted by molar-refractivity contribution is -0.118. The second-order valence-corrected chi connectivity index (χ2v) is 9.62. The molecule has 3 aromatic carbocycles. The van der Waals surface area contributed by atoms with E-state index >= 15 is 0 Å². The van der Waals surface area contributed by atoms with Crippen LogP contribution in [0, 0.1) is 13.8 Å². The van der Waals surface area contributed by atoms with Gasteiger partial charge in [0.2, 0.25) is 5.91 Å². The summed E-state index contributed by atoms with van der Waals surface area (Å²) in [4.78, 5) is 12.0. The molecule has 0 bridgehead atoms. The third-order valence-corrected chi connectivity index (χ3v) is 7.55. The number of hydrogen-bond donors (Lipinski definition) is 1. The van der Waals surface area contributed by atoms with Crippen molar-refractivity contribution in [2.45, 2.75) is 25.9 Å². The lowest BCUT2D eigenvalue weighted by Gasteiger charge is -2.29. The first kappa shape index (κ1) is 19.6. The Morgan fingerprint density at radius 2 is 1.44 bits per heavy atom. The van der Waals surface area contributed by atoms with Crippen LogP contribution < -0.4 is 16.3 Å². The zero-order valence-corrected chi connectivity index (χ0v) is 17.2. The van der Waals surface area contributed by atoms with E-state index < -0.39 is 7.92 Å². The molecule has 0 unspecified atom stereocenters. The summed E-state index contributed by atoms with van der Waals surface area (Å²) in [7, 11) is -0.809. The van der Waals surface area contributed by atoms with E-state index in [4.69, 9.17) is 17.3 Å². The minimum atomic E-state index is -0.809. The SMILES string of the molecule is Cc1cccc(P(c2cccc(C)c2)[C@@H](CC(N)=O)c2ccc(Cl)cc2)c1. The summed E-state index contributed by atoms with van der Waals surface area (Å²) in [5.41, 5.74) is 9.17. The van der Waals surface area contributed by atoms with Gasteiger partial charge < -0.3 is 5.73 Å². The van der Waals surface area contributed by atoms with Crippen LogP contribution in [0.4, 0.5) is 0 Å². The van der Waals surface area contributed by atoms with Crippen molar-refractivity contribution in [3.8, 4) is 0 Å². The van der Waals surface area contributed by atoms with Gasteiger partial charge in [-0.15, -0.1) is 0 Å². The Kier molecular flexibility index (Phi) is 6.31. The van der Waals surface area contributed by atoms with Crippen LogP contribution in [0.1, 0.15) is 28.8 Å². The lowest BCUT2D eigenvalue weighted by atomic mass is 10.1. The first-order chi connectivity index (χ1) is 12.9. The van der Waals surface area contributed by atoms with Crippen molar-refractivity contribution in [3.63, 3.8) is 0 Å². The van der Waals surface area contributed by atoms with Gasteiger partial charge in [-0.25, -0.2) is 0 Å². The van der Waals surface area contributed by atoms with Gasteiger partial charge >= 0.3 is 0 Å². The molecule has 3 rings (SSSR count). The first-order valence-electron chi connectivity index (χ1n) is 8.90. The van der Waals surface area contributed by atoms with Crippen LogP contribution in [0.3, 0.4) is 0 Å². The predicted molar refractivity (Wildman–Crippen MR) is 117 cm³/mol. The Hall–Kier alpha value is -2.15. The minimum Gasteiger partial charge on any atom is -0.370 e. The van der Waals surface area contributed by atoms with E-state index in [1.165, 1.54) is 21.7 Å². The molecule has 0 fully saturated rings. The van der Waals surface area contributed by atoms with Crippen molar-refractivity contribution >= 4 is 36.0 Å². The van der Waals surface area contributed by atoms with Crippen LogP contribution >= 0.6 is 19.5 Å². The molecule has 0 spiro atoms. The second kappa shape index (κ2) is 8.69. The Morgan fingerprint density at radius 3 is 1.89 bits per heavy atom. The maximum atomic E-state index is 12.0. The molecule has 0 saturated heterocycles. The maximum absolute atomic E-state index is 12.0. The van der Waals surface area contributed by atoms with E-state index in [1.807, 2.05) is 24.3 Å². The fourth-order valence-corrected chi connectivity index (χ4v) is 6.45. The Morgan fingerprint density at radius 1 is 0.926 bits per heavy atom. The number of rotatable bonds is 6. The number of aryl methyl sites for hydroxylation is 2. The smallest absolute Gasteiger partial charge is 0.218 e. The summed E-state index contributed by atoms with van der Waals surface area (Å²) in [5.74, 6) is -0.289. The molecule has 27 heavy (non-hydrogen) atoms. The molecule has 0 saturated carbocycles. The highest BCUT2D eigenvalue weighted by atomic mass is 35.5. The molecule has 0 aliphatic rings. The van der Waals surface area contributed by atoms with Crippen molar-refractivity contribution in [2.24, 2.45) is 5.73 Å². The fraction of sp³-hybridized carbons (Fsp3) is 0.174. The van der Waals surface area contributed by atoms with Crippen molar-refractivity contribution in [3.05, 3.63) is 94.5 Å². The number of carbonyl (C=O) groups excluding carboxylic acids is 1. The van der Waals surface area contributed by atoms with Crippen LogP contribution in [-0.4, -0.2) is 5.91 Å². The molecule has 1 atom stereocenters. The number of carbonyl (C=O) groups is 1. The number of amides is 1. The van der Waals surface area contributed by atoms with Gasteiger partial charge in [-0.05, 0) is 50.1 Å². The third-order valence-electron chi connectivity index (χ3n) is 4.52. The van der Waals surface area contributed by atoms with Crippen LogP contribution in [-0.2, 0) is 4.79 Å². The minimum absolute atomic E-state index is 0.00151. The summed E-state index contributed by atoms with van der Waals surface area (Å²) in [6, 6.07) is 24.9. The highest BCUT2D eigenvalue weighted by molar-refractivity contribution is 7.73. The molecule has 0 aromatic heterocycles. The summed E-state index contributed by atoms with van der Waals surface area (Å²) < 4.78 is 0. The van der Waals surface area contributed by atoms with Crippen LogP contribution in [0.2, 0.25) is 5.02 Å². The van der Waals surface area contributed by atoms with Crippen molar-refractivity contribution in [1.29, 1.82) is 0 Å². The van der Waals surface area contributed by atoms with Gasteiger partial charge in [0.25, 0.3) is 0 Å². The van der Waals surface area contributed by atoms with Crippen molar-refractivity contribution in [1.82, 2.24) is 0 Å². The molecule has 0 heterocycles. The van der Waals surface area contributed by atoms with E-state index in [9.17, 15) is 4.79 Å². The monoisotopic (exact) mass is 395 g/mol. The van der Waals surface area contributed by atoms with Gasteiger partial charge in [-0.1, -0.05) is 83.4 Å². The fourth-order valence-electron chi connectivity index (χ4n) is 3.30. The van der Waals surface area contributed by atoms with E-state index in [-0.39, 0.29) is 11.6 Å². The van der Waals surface area contributed by atoms with E-state index in [1.54, 1.807) is 0 Å². The Labute approximate surface area is 167 Å². The van der Waals surface area contributed by atoms with E-state index in [2.05, 4.69) is 62.4 Å². The zero-order valence-electron chi connectivity index (χ0n) is 15.5. The second-order valence-electron chi connectivity index (χ2n) is 6.79. The predicted octanol–water partition coefficient (Wildman–Crippen LogP) is 5.01. The van der Waals surface area contributed by atoms with E-state index in [0.29, 0.717) is 11.4 Å². The Bertz CT molecular complexity index is 894. The molecule has 2 nitrogen and oxygen atoms in total. The van der Waals surface area contributed by atoms with E-state index in [0.717, 1.165) is 5.56 Å². The summed E-state index contributed by atoms with van der Waals surface area (Å²) in [6.45, 7) is 4.19. The molecule has 0 aliphatic carbocycles. The van der Waals surface area contributed by atoms with Gasteiger partial charge in [-0.2, -0.15) is 0 Å². The molecule has 3 aromatic rings. The molecular formula is C23H23ClNOP. The van der Waals surface area contributed by atoms with Gasteiger partial charge in [-0.3, -0.25) is 4.79 Å². The number of halogens is 1. The third kappa shape index (κ3) is 4.97. The zero-order chi connectivity index (χ0) is 19.4. The van der Waals surface area contributed by atoms with Crippen molar-refractivity contribution in [2.75, 3.05) is 0 Å². The lowest BCUT2D eigenvalue weighted by Crippen LogP contribution is -2.22. The van der Waals surface area contributed by atoms with Gasteiger partial charge in [0.05, 0.1) is 0 Å². The van der Waals surface area contributed by atoms with Gasteiger partial charge in [0.15, 0.2) is 0 Å². The highest BCUT2D eigenvalue weighted by Crippen LogP contribution is 2.51. The summed E-state index contributed by atoms with van der Waals surface area (Å²) in [6.07, 6.45) is 0.301. The molecular weight excluding hydrogens is 373 g/mol.